The van der Waals surface area contributed by atoms with Crippen molar-refractivity contribution in [1.29, 1.82) is 0 Å². The lowest BCUT2D eigenvalue weighted by molar-refractivity contribution is -0.123. The average Bonchev–Trinajstić information content (AvgIpc) is 2.94. The van der Waals surface area contributed by atoms with E-state index in [-0.39, 0.29) is 30.5 Å². The summed E-state index contributed by atoms with van der Waals surface area (Å²) in [6.07, 6.45) is 1.69. The Labute approximate surface area is 228 Å². The number of amides is 2. The Morgan fingerprint density at radius 2 is 1.56 bits per heavy atom. The first-order valence-electron chi connectivity index (χ1n) is 13.3. The monoisotopic (exact) mass is 535 g/mol. The maximum Gasteiger partial charge on any atom is 0.408 e. The maximum absolute atomic E-state index is 13.4. The number of alkyl carbamates (subject to hydrolysis) is 1. The second-order valence-electron chi connectivity index (χ2n) is 9.79. The third-order valence-corrected chi connectivity index (χ3v) is 6.10. The molecule has 9 nitrogen and oxygen atoms in total. The summed E-state index contributed by atoms with van der Waals surface area (Å²) in [5.41, 5.74) is 3.17. The molecular weight excluding hydrogens is 498 g/mol. The Bertz CT molecular complexity index is 1270. The number of unbranched alkanes of at least 4 members (excludes halogenated alkanes) is 1. The minimum Gasteiger partial charge on any atom is -0.487 e. The van der Waals surface area contributed by atoms with E-state index in [4.69, 9.17) is 9.47 Å². The molecule has 1 atom stereocenters. The third kappa shape index (κ3) is 8.70. The summed E-state index contributed by atoms with van der Waals surface area (Å²) >= 11 is 0. The fourth-order valence-electron chi connectivity index (χ4n) is 3.99. The summed E-state index contributed by atoms with van der Waals surface area (Å²) < 4.78 is 10.9. The number of anilines is 1. The lowest BCUT2D eigenvalue weighted by Crippen LogP contribution is -2.56. The Morgan fingerprint density at radius 1 is 0.923 bits per heavy atom. The van der Waals surface area contributed by atoms with E-state index in [1.54, 1.807) is 0 Å². The van der Waals surface area contributed by atoms with Gasteiger partial charge in [0.25, 0.3) is 16.8 Å². The molecule has 0 aliphatic rings. The van der Waals surface area contributed by atoms with Crippen molar-refractivity contribution in [3.05, 3.63) is 92.2 Å². The minimum atomic E-state index is -0.927. The van der Waals surface area contributed by atoms with E-state index in [1.165, 1.54) is 5.01 Å². The Kier molecular flexibility index (Phi) is 11.1. The zero-order chi connectivity index (χ0) is 28.2. The molecule has 9 heteroatoms. The minimum absolute atomic E-state index is 0.0235. The molecule has 0 aliphatic heterocycles. The van der Waals surface area contributed by atoms with Crippen molar-refractivity contribution in [2.24, 2.45) is 5.92 Å². The number of carbonyl (C=O) groups is 2. The largest absolute Gasteiger partial charge is 0.487 e. The van der Waals surface area contributed by atoms with Crippen molar-refractivity contribution in [2.45, 2.75) is 59.1 Å². The summed E-state index contributed by atoms with van der Waals surface area (Å²) in [5.74, 6) is -0.495. The number of ether oxygens (including phenoxy) is 2. The lowest BCUT2D eigenvalue weighted by Gasteiger charge is -2.30. The summed E-state index contributed by atoms with van der Waals surface area (Å²) in [7, 11) is 0. The number of nitrogens with one attached hydrogen (secondary N) is 2. The van der Waals surface area contributed by atoms with Crippen LogP contribution in [-0.4, -0.2) is 31.2 Å². The zero-order valence-corrected chi connectivity index (χ0v) is 22.8. The number of hydrazine groups is 1. The standard InChI is InChI=1S/C30H37N3O6/c1-4-5-18-38-28-25(26(34)27(28)35)33(17-16-22-12-8-6-9-13-22)32-29(36)24(19-21(2)3)31-30(37)39-20-23-14-10-7-11-15-23/h6-15,21,24H,4-5,16-20H2,1-3H3,(H,31,37)(H,32,36)/t24-/m0/s1. The number of rotatable bonds is 15. The van der Waals surface area contributed by atoms with Crippen molar-refractivity contribution in [3.63, 3.8) is 0 Å². The molecule has 0 heterocycles. The van der Waals surface area contributed by atoms with E-state index in [9.17, 15) is 19.2 Å². The van der Waals surface area contributed by atoms with Gasteiger partial charge in [0.05, 0.1) is 6.61 Å². The van der Waals surface area contributed by atoms with Crippen LogP contribution < -0.4 is 31.3 Å². The van der Waals surface area contributed by atoms with Crippen LogP contribution in [0, 0.1) is 5.92 Å². The Balaban J connectivity index is 1.76. The fraction of sp³-hybridized carbons (Fsp3) is 0.400. The molecule has 0 saturated heterocycles. The van der Waals surface area contributed by atoms with Crippen LogP contribution in [0.3, 0.4) is 0 Å². The summed E-state index contributed by atoms with van der Waals surface area (Å²) in [6.45, 7) is 6.43. The molecule has 3 rings (SSSR count). The van der Waals surface area contributed by atoms with E-state index in [0.29, 0.717) is 19.4 Å². The molecule has 3 aromatic rings. The number of carbonyl (C=O) groups excluding carboxylic acids is 2. The lowest BCUT2D eigenvalue weighted by atomic mass is 10.0. The first-order chi connectivity index (χ1) is 18.8. The molecule has 2 amide bonds. The third-order valence-electron chi connectivity index (χ3n) is 6.10. The van der Waals surface area contributed by atoms with Gasteiger partial charge in [-0.3, -0.25) is 24.8 Å². The molecular formula is C30H37N3O6. The normalized spacial score (nSPS) is 11.7. The summed E-state index contributed by atoms with van der Waals surface area (Å²) in [4.78, 5) is 50.9. The van der Waals surface area contributed by atoms with Crippen LogP contribution in [-0.2, 0) is 22.6 Å². The fourth-order valence-corrected chi connectivity index (χ4v) is 3.99. The molecule has 2 N–H and O–H groups in total. The van der Waals surface area contributed by atoms with Crippen LogP contribution >= 0.6 is 0 Å². The SMILES string of the molecule is CCCCOc1c(N(CCc2ccccc2)NC(=O)[C@H](CC(C)C)NC(=O)OCc2ccccc2)c(=O)c1=O. The number of hydrogen-bond donors (Lipinski definition) is 2. The molecule has 0 bridgehead atoms. The predicted octanol–water partition coefficient (Wildman–Crippen LogP) is 3.88. The topological polar surface area (TPSA) is 114 Å². The van der Waals surface area contributed by atoms with Gasteiger partial charge in [-0.05, 0) is 36.3 Å². The van der Waals surface area contributed by atoms with E-state index in [0.717, 1.165) is 24.0 Å². The summed E-state index contributed by atoms with van der Waals surface area (Å²) in [5, 5.41) is 4.01. The van der Waals surface area contributed by atoms with E-state index in [2.05, 4.69) is 10.7 Å². The molecule has 0 spiro atoms. The highest BCUT2D eigenvalue weighted by atomic mass is 16.5. The molecule has 0 aromatic heterocycles. The van der Waals surface area contributed by atoms with Gasteiger partial charge >= 0.3 is 6.09 Å². The van der Waals surface area contributed by atoms with Gasteiger partial charge in [0.2, 0.25) is 0 Å². The van der Waals surface area contributed by atoms with Crippen molar-refractivity contribution < 1.29 is 19.1 Å². The van der Waals surface area contributed by atoms with E-state index < -0.39 is 28.9 Å². The molecule has 208 valence electrons. The predicted molar refractivity (Wildman–Crippen MR) is 150 cm³/mol. The highest BCUT2D eigenvalue weighted by Gasteiger charge is 2.31. The smallest absolute Gasteiger partial charge is 0.408 e. The summed E-state index contributed by atoms with van der Waals surface area (Å²) in [6, 6.07) is 17.9. The van der Waals surface area contributed by atoms with Gasteiger partial charge in [0.1, 0.15) is 12.6 Å². The Hall–Kier alpha value is -4.14. The number of benzene rings is 2. The van der Waals surface area contributed by atoms with Crippen molar-refractivity contribution >= 4 is 17.7 Å². The van der Waals surface area contributed by atoms with Gasteiger partial charge in [-0.2, -0.15) is 0 Å². The second-order valence-corrected chi connectivity index (χ2v) is 9.79. The van der Waals surface area contributed by atoms with Gasteiger partial charge in [0, 0.05) is 6.54 Å². The van der Waals surface area contributed by atoms with Crippen molar-refractivity contribution in [2.75, 3.05) is 18.2 Å². The molecule has 0 radical (unpaired) electrons. The highest BCUT2D eigenvalue weighted by Crippen LogP contribution is 2.22. The van der Waals surface area contributed by atoms with Gasteiger partial charge < -0.3 is 14.8 Å². The first-order valence-corrected chi connectivity index (χ1v) is 13.3. The Morgan fingerprint density at radius 3 is 2.18 bits per heavy atom. The first kappa shape index (κ1) is 29.4. The molecule has 0 saturated carbocycles. The average molecular weight is 536 g/mol. The van der Waals surface area contributed by atoms with E-state index >= 15 is 0 Å². The molecule has 39 heavy (non-hydrogen) atoms. The second kappa shape index (κ2) is 14.7. The molecule has 0 aliphatic carbocycles. The molecule has 0 fully saturated rings. The van der Waals surface area contributed by atoms with Crippen LogP contribution in [0.25, 0.3) is 0 Å². The zero-order valence-electron chi connectivity index (χ0n) is 22.8. The van der Waals surface area contributed by atoms with Crippen LogP contribution in [0.4, 0.5) is 10.5 Å². The maximum atomic E-state index is 13.4. The molecule has 0 unspecified atom stereocenters. The number of hydrogen-bond acceptors (Lipinski definition) is 7. The van der Waals surface area contributed by atoms with Crippen molar-refractivity contribution in [1.82, 2.24) is 10.7 Å². The van der Waals surface area contributed by atoms with Gasteiger partial charge in [-0.15, -0.1) is 0 Å². The van der Waals surface area contributed by atoms with Crippen LogP contribution in [0.2, 0.25) is 0 Å². The quantitative estimate of drug-likeness (QED) is 0.172. The van der Waals surface area contributed by atoms with Crippen LogP contribution in [0.5, 0.6) is 5.75 Å². The van der Waals surface area contributed by atoms with Gasteiger partial charge in [-0.1, -0.05) is 87.9 Å². The highest BCUT2D eigenvalue weighted by molar-refractivity contribution is 5.87. The van der Waals surface area contributed by atoms with E-state index in [1.807, 2.05) is 81.4 Å². The molecule has 3 aromatic carbocycles. The van der Waals surface area contributed by atoms with Crippen molar-refractivity contribution in [3.8, 4) is 5.75 Å². The van der Waals surface area contributed by atoms with Crippen LogP contribution in [0.15, 0.2) is 70.3 Å². The van der Waals surface area contributed by atoms with Gasteiger partial charge in [0.15, 0.2) is 11.4 Å². The van der Waals surface area contributed by atoms with Crippen LogP contribution in [0.1, 0.15) is 51.2 Å². The van der Waals surface area contributed by atoms with Gasteiger partial charge in [-0.25, -0.2) is 4.79 Å². The number of nitrogens with zero attached hydrogens (tertiary/aromatic N) is 1.